The third-order valence-electron chi connectivity index (χ3n) is 4.72. The first kappa shape index (κ1) is 18.7. The van der Waals surface area contributed by atoms with Crippen molar-refractivity contribution in [1.29, 1.82) is 0 Å². The molecule has 2 amide bonds. The van der Waals surface area contributed by atoms with Crippen LogP contribution in [-0.2, 0) is 4.79 Å². The molecule has 5 heteroatoms. The molecule has 1 aromatic heterocycles. The minimum absolute atomic E-state index is 0.101. The highest BCUT2D eigenvalue weighted by Gasteiger charge is 2.24. The summed E-state index contributed by atoms with van der Waals surface area (Å²) in [5, 5.41) is 6.46. The maximum Gasteiger partial charge on any atom is 0.293 e. The van der Waals surface area contributed by atoms with E-state index in [1.807, 2.05) is 63.2 Å². The lowest BCUT2D eigenvalue weighted by atomic mass is 10.0. The van der Waals surface area contributed by atoms with E-state index in [1.165, 1.54) is 0 Å². The van der Waals surface area contributed by atoms with Crippen LogP contribution in [0.25, 0.3) is 11.0 Å². The summed E-state index contributed by atoms with van der Waals surface area (Å²) < 4.78 is 5.78. The molecule has 3 aromatic rings. The Hall–Kier alpha value is -3.08. The van der Waals surface area contributed by atoms with E-state index in [0.717, 1.165) is 18.4 Å². The first-order chi connectivity index (χ1) is 13.0. The topological polar surface area (TPSA) is 71.3 Å². The van der Waals surface area contributed by atoms with Crippen LogP contribution in [0, 0.1) is 12.8 Å². The minimum Gasteiger partial charge on any atom is -0.449 e. The van der Waals surface area contributed by atoms with Crippen molar-refractivity contribution >= 4 is 34.2 Å². The van der Waals surface area contributed by atoms with Crippen LogP contribution >= 0.6 is 0 Å². The maximum absolute atomic E-state index is 12.8. The van der Waals surface area contributed by atoms with Gasteiger partial charge in [0.1, 0.15) is 11.3 Å². The molecule has 0 atom stereocenters. The number of rotatable bonds is 6. The molecule has 3 rings (SSSR count). The average Bonchev–Trinajstić information content (AvgIpc) is 3.03. The monoisotopic (exact) mass is 364 g/mol. The van der Waals surface area contributed by atoms with Crippen molar-refractivity contribution < 1.29 is 14.0 Å². The Labute approximate surface area is 158 Å². The number of carbonyl (C=O) groups is 2. The summed E-state index contributed by atoms with van der Waals surface area (Å²) in [4.78, 5) is 25.4. The van der Waals surface area contributed by atoms with Crippen LogP contribution in [0.5, 0.6) is 0 Å². The van der Waals surface area contributed by atoms with E-state index in [2.05, 4.69) is 10.6 Å². The molecule has 140 valence electrons. The van der Waals surface area contributed by atoms with Crippen molar-refractivity contribution in [2.45, 2.75) is 33.6 Å². The lowest BCUT2D eigenvalue weighted by molar-refractivity contribution is -0.120. The predicted octanol–water partition coefficient (Wildman–Crippen LogP) is 5.37. The zero-order valence-electron chi connectivity index (χ0n) is 15.8. The number of furan rings is 1. The summed E-state index contributed by atoms with van der Waals surface area (Å²) in [6, 6.07) is 14.8. The van der Waals surface area contributed by atoms with E-state index in [4.69, 9.17) is 4.42 Å². The first-order valence-corrected chi connectivity index (χ1v) is 9.23. The van der Waals surface area contributed by atoms with Gasteiger partial charge in [-0.3, -0.25) is 9.59 Å². The fourth-order valence-corrected chi connectivity index (χ4v) is 3.04. The number of hydrogen-bond acceptors (Lipinski definition) is 3. The second-order valence-electron chi connectivity index (χ2n) is 6.63. The van der Waals surface area contributed by atoms with Crippen LogP contribution in [0.2, 0.25) is 0 Å². The predicted molar refractivity (Wildman–Crippen MR) is 108 cm³/mol. The van der Waals surface area contributed by atoms with Crippen molar-refractivity contribution in [1.82, 2.24) is 0 Å². The highest BCUT2D eigenvalue weighted by atomic mass is 16.3. The van der Waals surface area contributed by atoms with Crippen LogP contribution < -0.4 is 10.6 Å². The van der Waals surface area contributed by atoms with Gasteiger partial charge in [0.15, 0.2) is 0 Å². The van der Waals surface area contributed by atoms with Crippen molar-refractivity contribution in [2.75, 3.05) is 10.6 Å². The van der Waals surface area contributed by atoms with Gasteiger partial charge in [0, 0.05) is 17.0 Å². The molecule has 0 spiro atoms. The molecule has 1 heterocycles. The van der Waals surface area contributed by atoms with Crippen molar-refractivity contribution in [3.05, 3.63) is 59.9 Å². The van der Waals surface area contributed by atoms with Crippen LogP contribution in [0.1, 0.15) is 42.8 Å². The highest BCUT2D eigenvalue weighted by Crippen LogP contribution is 2.32. The summed E-state index contributed by atoms with van der Waals surface area (Å²) >= 11 is 0. The number of amides is 2. The van der Waals surface area contributed by atoms with Gasteiger partial charge < -0.3 is 15.1 Å². The second kappa shape index (κ2) is 8.08. The highest BCUT2D eigenvalue weighted by molar-refractivity contribution is 6.14. The Morgan fingerprint density at radius 2 is 1.63 bits per heavy atom. The number of benzene rings is 2. The van der Waals surface area contributed by atoms with Gasteiger partial charge in [0.2, 0.25) is 11.7 Å². The zero-order chi connectivity index (χ0) is 19.4. The van der Waals surface area contributed by atoms with Crippen molar-refractivity contribution in [3.8, 4) is 0 Å². The minimum atomic E-state index is -0.394. The fourth-order valence-electron chi connectivity index (χ4n) is 3.04. The van der Waals surface area contributed by atoms with E-state index in [0.29, 0.717) is 22.3 Å². The van der Waals surface area contributed by atoms with Crippen LogP contribution in [0.15, 0.2) is 52.9 Å². The average molecular weight is 364 g/mol. The Morgan fingerprint density at radius 3 is 2.30 bits per heavy atom. The Balaban J connectivity index is 1.95. The lowest BCUT2D eigenvalue weighted by Gasteiger charge is -2.13. The maximum atomic E-state index is 12.8. The quantitative estimate of drug-likeness (QED) is 0.618. The second-order valence-corrected chi connectivity index (χ2v) is 6.63. The molecule has 5 nitrogen and oxygen atoms in total. The largest absolute Gasteiger partial charge is 0.449 e. The first-order valence-electron chi connectivity index (χ1n) is 9.23. The molecule has 0 saturated carbocycles. The zero-order valence-corrected chi connectivity index (χ0v) is 15.8. The van der Waals surface area contributed by atoms with Gasteiger partial charge in [0.25, 0.3) is 5.91 Å². The van der Waals surface area contributed by atoms with Crippen LogP contribution in [0.4, 0.5) is 11.4 Å². The van der Waals surface area contributed by atoms with E-state index >= 15 is 0 Å². The Morgan fingerprint density at radius 1 is 0.963 bits per heavy atom. The van der Waals surface area contributed by atoms with E-state index in [9.17, 15) is 9.59 Å². The van der Waals surface area contributed by atoms with E-state index < -0.39 is 5.91 Å². The van der Waals surface area contributed by atoms with Crippen LogP contribution in [-0.4, -0.2) is 11.8 Å². The summed E-state index contributed by atoms with van der Waals surface area (Å²) in [5.74, 6) is -0.492. The number of carbonyl (C=O) groups excluding carboxylic acids is 2. The molecule has 0 bridgehead atoms. The molecule has 0 aliphatic carbocycles. The van der Waals surface area contributed by atoms with Crippen molar-refractivity contribution in [3.63, 3.8) is 0 Å². The molecular formula is C22H24N2O3. The van der Waals surface area contributed by atoms with Gasteiger partial charge >= 0.3 is 0 Å². The number of aryl methyl sites for hydroxylation is 1. The van der Waals surface area contributed by atoms with Crippen LogP contribution in [0.3, 0.4) is 0 Å². The van der Waals surface area contributed by atoms with Crippen molar-refractivity contribution in [2.24, 2.45) is 5.92 Å². The standard InChI is InChI=1S/C22H24N2O3/c1-4-15(5-2)21(25)24-19-17-8-6-7-9-18(17)27-20(19)22(26)23-16-12-10-14(3)11-13-16/h6-13,15H,4-5H2,1-3H3,(H,23,26)(H,24,25). The molecule has 0 radical (unpaired) electrons. The summed E-state index contributed by atoms with van der Waals surface area (Å²) in [6.07, 6.45) is 1.48. The van der Waals surface area contributed by atoms with Gasteiger partial charge in [-0.1, -0.05) is 43.7 Å². The summed E-state index contributed by atoms with van der Waals surface area (Å²) in [7, 11) is 0. The molecule has 2 N–H and O–H groups in total. The third kappa shape index (κ3) is 4.03. The SMILES string of the molecule is CCC(CC)C(=O)Nc1c(C(=O)Nc2ccc(C)cc2)oc2ccccc12. The molecule has 0 saturated heterocycles. The molecular weight excluding hydrogens is 340 g/mol. The van der Waals surface area contributed by atoms with E-state index in [1.54, 1.807) is 6.07 Å². The lowest BCUT2D eigenvalue weighted by Crippen LogP contribution is -2.23. The number of anilines is 2. The number of nitrogens with one attached hydrogen (secondary N) is 2. The van der Waals surface area contributed by atoms with Gasteiger partial charge in [-0.25, -0.2) is 0 Å². The molecule has 2 aromatic carbocycles. The number of fused-ring (bicyclic) bond motifs is 1. The van der Waals surface area contributed by atoms with Gasteiger partial charge in [-0.05, 0) is 44.0 Å². The molecule has 0 unspecified atom stereocenters. The third-order valence-corrected chi connectivity index (χ3v) is 4.72. The summed E-state index contributed by atoms with van der Waals surface area (Å²) in [5.41, 5.74) is 2.76. The van der Waals surface area contributed by atoms with Gasteiger partial charge in [-0.2, -0.15) is 0 Å². The Bertz CT molecular complexity index is 953. The fraction of sp³-hybridized carbons (Fsp3) is 0.273. The smallest absolute Gasteiger partial charge is 0.293 e. The normalized spacial score (nSPS) is 11.0. The number of para-hydroxylation sites is 1. The molecule has 27 heavy (non-hydrogen) atoms. The number of hydrogen-bond donors (Lipinski definition) is 2. The van der Waals surface area contributed by atoms with Gasteiger partial charge in [-0.15, -0.1) is 0 Å². The van der Waals surface area contributed by atoms with E-state index in [-0.39, 0.29) is 17.6 Å². The summed E-state index contributed by atoms with van der Waals surface area (Å²) in [6.45, 7) is 5.94. The molecule has 0 aliphatic heterocycles. The molecule has 0 fully saturated rings. The molecule has 0 aliphatic rings. The van der Waals surface area contributed by atoms with Gasteiger partial charge in [0.05, 0.1) is 0 Å². The Kier molecular flexibility index (Phi) is 5.60.